The molecule has 4 rings (SSSR count). The molecule has 1 aliphatic heterocycles. The molecule has 1 saturated heterocycles. The van der Waals surface area contributed by atoms with Gasteiger partial charge in [-0.15, -0.1) is 11.8 Å². The van der Waals surface area contributed by atoms with E-state index >= 15 is 0 Å². The molecule has 0 saturated carbocycles. The quantitative estimate of drug-likeness (QED) is 0.437. The third kappa shape index (κ3) is 4.57. The van der Waals surface area contributed by atoms with Gasteiger partial charge in [0.2, 0.25) is 0 Å². The number of anilines is 2. The summed E-state index contributed by atoms with van der Waals surface area (Å²) in [5.41, 5.74) is 4.74. The molecule has 148 valence electrons. The van der Waals surface area contributed by atoms with Crippen molar-refractivity contribution in [2.75, 3.05) is 42.7 Å². The Morgan fingerprint density at radius 1 is 0.828 bits per heavy atom. The van der Waals surface area contributed by atoms with Crippen molar-refractivity contribution in [1.82, 2.24) is 4.90 Å². The van der Waals surface area contributed by atoms with E-state index in [0.717, 1.165) is 37.0 Å². The highest BCUT2D eigenvalue weighted by Gasteiger charge is 2.21. The Morgan fingerprint density at radius 2 is 1.48 bits per heavy atom. The summed E-state index contributed by atoms with van der Waals surface area (Å²) in [6.45, 7) is 3.78. The molecule has 3 aromatic rings. The molecule has 0 aliphatic carbocycles. The van der Waals surface area contributed by atoms with Gasteiger partial charge in [-0.3, -0.25) is 0 Å². The van der Waals surface area contributed by atoms with Crippen molar-refractivity contribution < 1.29 is 0 Å². The third-order valence-electron chi connectivity index (χ3n) is 5.25. The van der Waals surface area contributed by atoms with Gasteiger partial charge in [-0.2, -0.15) is 0 Å². The fourth-order valence-corrected chi connectivity index (χ4v) is 4.61. The second-order valence-corrected chi connectivity index (χ2v) is 8.22. The Bertz CT molecular complexity index is 967. The normalized spacial score (nSPS) is 14.0. The predicted octanol–water partition coefficient (Wildman–Crippen LogP) is 5.59. The second-order valence-electron chi connectivity index (χ2n) is 6.99. The minimum absolute atomic E-state index is 0.797. The number of thiocarbonyl (C=S) groups is 1. The molecule has 3 aromatic carbocycles. The van der Waals surface area contributed by atoms with E-state index in [0.29, 0.717) is 0 Å². The molecule has 29 heavy (non-hydrogen) atoms. The fourth-order valence-electron chi connectivity index (χ4n) is 3.70. The standard InChI is InChI=1S/C24H25N3S2/c1-29-23-14-8-7-13-22(23)26-15-17-27(18-16-26)24(28)25-21-12-6-5-11-20(21)19-9-3-2-4-10-19/h2-14H,15-18H2,1H3,(H,25,28). The maximum Gasteiger partial charge on any atom is 0.173 e. The summed E-state index contributed by atoms with van der Waals surface area (Å²) in [5, 5.41) is 4.29. The summed E-state index contributed by atoms with van der Waals surface area (Å²) in [5.74, 6) is 0. The van der Waals surface area contributed by atoms with Gasteiger partial charge in [0.15, 0.2) is 5.11 Å². The first-order valence-corrected chi connectivity index (χ1v) is 11.5. The topological polar surface area (TPSA) is 18.5 Å². The van der Waals surface area contributed by atoms with Crippen LogP contribution in [0.5, 0.6) is 0 Å². The lowest BCUT2D eigenvalue weighted by Crippen LogP contribution is -2.50. The zero-order valence-corrected chi connectivity index (χ0v) is 18.2. The van der Waals surface area contributed by atoms with E-state index in [2.05, 4.69) is 94.2 Å². The minimum atomic E-state index is 0.797. The molecule has 0 bridgehead atoms. The lowest BCUT2D eigenvalue weighted by Gasteiger charge is -2.38. The summed E-state index contributed by atoms with van der Waals surface area (Å²) in [4.78, 5) is 6.07. The van der Waals surface area contributed by atoms with Crippen LogP contribution in [0.25, 0.3) is 11.1 Å². The van der Waals surface area contributed by atoms with Crippen molar-refractivity contribution >= 4 is 40.5 Å². The average Bonchev–Trinajstić information content (AvgIpc) is 2.80. The average molecular weight is 420 g/mol. The van der Waals surface area contributed by atoms with Crippen LogP contribution in [-0.2, 0) is 0 Å². The lowest BCUT2D eigenvalue weighted by atomic mass is 10.0. The number of benzene rings is 3. The number of rotatable bonds is 4. The van der Waals surface area contributed by atoms with E-state index in [1.54, 1.807) is 11.8 Å². The van der Waals surface area contributed by atoms with Crippen molar-refractivity contribution in [1.29, 1.82) is 0 Å². The smallest absolute Gasteiger partial charge is 0.173 e. The zero-order chi connectivity index (χ0) is 20.1. The Labute approximate surface area is 182 Å². The Morgan fingerprint density at radius 3 is 2.24 bits per heavy atom. The van der Waals surface area contributed by atoms with Crippen molar-refractivity contribution in [3.8, 4) is 11.1 Å². The van der Waals surface area contributed by atoms with Crippen LogP contribution in [0.4, 0.5) is 11.4 Å². The van der Waals surface area contributed by atoms with Crippen LogP contribution >= 0.6 is 24.0 Å². The number of nitrogens with zero attached hydrogens (tertiary/aromatic N) is 2. The molecule has 0 radical (unpaired) electrons. The minimum Gasteiger partial charge on any atom is -0.367 e. The van der Waals surface area contributed by atoms with Gasteiger partial charge in [-0.05, 0) is 42.2 Å². The van der Waals surface area contributed by atoms with Crippen LogP contribution < -0.4 is 10.2 Å². The van der Waals surface area contributed by atoms with Gasteiger partial charge in [0.05, 0.1) is 5.69 Å². The van der Waals surface area contributed by atoms with Crippen molar-refractivity contribution in [3.05, 3.63) is 78.9 Å². The molecule has 1 fully saturated rings. The monoisotopic (exact) mass is 419 g/mol. The van der Waals surface area contributed by atoms with Gasteiger partial charge in [-0.1, -0.05) is 60.7 Å². The van der Waals surface area contributed by atoms with Crippen molar-refractivity contribution in [2.24, 2.45) is 0 Å². The molecule has 0 atom stereocenters. The number of nitrogens with one attached hydrogen (secondary N) is 1. The molecule has 1 aliphatic rings. The van der Waals surface area contributed by atoms with Crippen LogP contribution in [0.3, 0.4) is 0 Å². The van der Waals surface area contributed by atoms with Crippen LogP contribution in [0.15, 0.2) is 83.8 Å². The van der Waals surface area contributed by atoms with E-state index in [9.17, 15) is 0 Å². The van der Waals surface area contributed by atoms with E-state index in [4.69, 9.17) is 12.2 Å². The number of hydrogen-bond acceptors (Lipinski definition) is 3. The molecule has 0 spiro atoms. The highest BCUT2D eigenvalue weighted by atomic mass is 32.2. The largest absolute Gasteiger partial charge is 0.367 e. The molecule has 0 unspecified atom stereocenters. The summed E-state index contributed by atoms with van der Waals surface area (Å²) >= 11 is 7.57. The molecular weight excluding hydrogens is 394 g/mol. The van der Waals surface area contributed by atoms with Gasteiger partial charge in [-0.25, -0.2) is 0 Å². The van der Waals surface area contributed by atoms with Crippen molar-refractivity contribution in [3.63, 3.8) is 0 Å². The van der Waals surface area contributed by atoms with Gasteiger partial charge in [0, 0.05) is 42.3 Å². The first-order chi connectivity index (χ1) is 14.3. The van der Waals surface area contributed by atoms with E-state index < -0.39 is 0 Å². The summed E-state index contributed by atoms with van der Waals surface area (Å²) in [6, 6.07) is 27.4. The Hall–Kier alpha value is -2.50. The van der Waals surface area contributed by atoms with Gasteiger partial charge in [0.1, 0.15) is 0 Å². The maximum atomic E-state index is 5.76. The molecule has 0 amide bonds. The summed E-state index contributed by atoms with van der Waals surface area (Å²) in [6.07, 6.45) is 2.14. The highest BCUT2D eigenvalue weighted by Crippen LogP contribution is 2.30. The molecule has 1 heterocycles. The Balaban J connectivity index is 1.43. The first kappa shape index (κ1) is 19.8. The van der Waals surface area contributed by atoms with Crippen LogP contribution in [0.2, 0.25) is 0 Å². The van der Waals surface area contributed by atoms with Crippen LogP contribution in [0.1, 0.15) is 0 Å². The third-order valence-corrected chi connectivity index (χ3v) is 6.39. The Kier molecular flexibility index (Phi) is 6.37. The predicted molar refractivity (Wildman–Crippen MR) is 130 cm³/mol. The number of para-hydroxylation sites is 2. The molecule has 1 N–H and O–H groups in total. The maximum absolute atomic E-state index is 5.76. The molecular formula is C24H25N3S2. The fraction of sp³-hybridized carbons (Fsp3) is 0.208. The second kappa shape index (κ2) is 9.33. The zero-order valence-electron chi connectivity index (χ0n) is 16.5. The molecule has 0 aromatic heterocycles. The van der Waals surface area contributed by atoms with Crippen LogP contribution in [-0.4, -0.2) is 42.4 Å². The van der Waals surface area contributed by atoms with Gasteiger partial charge >= 0.3 is 0 Å². The number of hydrogen-bond donors (Lipinski definition) is 1. The number of thioether (sulfide) groups is 1. The van der Waals surface area contributed by atoms with Crippen LogP contribution in [0, 0.1) is 0 Å². The molecule has 3 nitrogen and oxygen atoms in total. The first-order valence-electron chi connectivity index (χ1n) is 9.84. The van der Waals surface area contributed by atoms with Crippen molar-refractivity contribution in [2.45, 2.75) is 4.90 Å². The van der Waals surface area contributed by atoms with Gasteiger partial charge in [0.25, 0.3) is 0 Å². The lowest BCUT2D eigenvalue weighted by molar-refractivity contribution is 0.390. The number of piperazine rings is 1. The van der Waals surface area contributed by atoms with E-state index in [-0.39, 0.29) is 0 Å². The SMILES string of the molecule is CSc1ccccc1N1CCN(C(=S)Nc2ccccc2-c2ccccc2)CC1. The van der Waals surface area contributed by atoms with E-state index in [1.807, 2.05) is 6.07 Å². The van der Waals surface area contributed by atoms with E-state index in [1.165, 1.54) is 21.7 Å². The summed E-state index contributed by atoms with van der Waals surface area (Å²) < 4.78 is 0. The summed E-state index contributed by atoms with van der Waals surface area (Å²) in [7, 11) is 0. The molecule has 5 heteroatoms. The highest BCUT2D eigenvalue weighted by molar-refractivity contribution is 7.98. The van der Waals surface area contributed by atoms with Gasteiger partial charge < -0.3 is 15.1 Å².